The molecule has 0 bridgehead atoms. The molecule has 1 amide bonds. The van der Waals surface area contributed by atoms with Crippen molar-refractivity contribution in [3.05, 3.63) is 53.0 Å². The van der Waals surface area contributed by atoms with Gasteiger partial charge in [-0.25, -0.2) is 0 Å². The number of rotatable bonds is 5. The van der Waals surface area contributed by atoms with Crippen molar-refractivity contribution < 1.29 is 13.9 Å². The van der Waals surface area contributed by atoms with Crippen LogP contribution in [-0.2, 0) is 6.61 Å². The molecule has 0 saturated carbocycles. The standard InChI is InChI=1S/C22H28N2O3/c1-16-5-7-20(17(2)13-16)26-15-19-6-8-21(27-19)22(25)24-12-9-18(14-24)23-10-3-4-11-23/h5-8,13,18H,3-4,9-12,14-15H2,1-2H3. The van der Waals surface area contributed by atoms with Gasteiger partial charge >= 0.3 is 0 Å². The number of hydrogen-bond donors (Lipinski definition) is 0. The fraction of sp³-hybridized carbons (Fsp3) is 0.500. The van der Waals surface area contributed by atoms with Gasteiger partial charge < -0.3 is 14.1 Å². The summed E-state index contributed by atoms with van der Waals surface area (Å²) in [6, 6.07) is 10.2. The van der Waals surface area contributed by atoms with E-state index in [9.17, 15) is 4.79 Å². The number of amides is 1. The maximum Gasteiger partial charge on any atom is 0.289 e. The molecule has 0 aliphatic carbocycles. The highest BCUT2D eigenvalue weighted by Gasteiger charge is 2.32. The zero-order valence-electron chi connectivity index (χ0n) is 16.2. The Morgan fingerprint density at radius 1 is 1.15 bits per heavy atom. The second-order valence-corrected chi connectivity index (χ2v) is 7.76. The van der Waals surface area contributed by atoms with Crippen LogP contribution in [0.4, 0.5) is 0 Å². The lowest BCUT2D eigenvalue weighted by atomic mass is 10.1. The average Bonchev–Trinajstić information content (AvgIpc) is 3.40. The van der Waals surface area contributed by atoms with Crippen molar-refractivity contribution in [1.82, 2.24) is 9.80 Å². The lowest BCUT2D eigenvalue weighted by Crippen LogP contribution is -2.37. The minimum Gasteiger partial charge on any atom is -0.485 e. The van der Waals surface area contributed by atoms with E-state index >= 15 is 0 Å². The van der Waals surface area contributed by atoms with Crippen molar-refractivity contribution in [3.63, 3.8) is 0 Å². The summed E-state index contributed by atoms with van der Waals surface area (Å²) in [5, 5.41) is 0. The number of carbonyl (C=O) groups is 1. The normalized spacial score (nSPS) is 20.4. The SMILES string of the molecule is Cc1ccc(OCc2ccc(C(=O)N3CCC(N4CCCC4)C3)o2)c(C)c1. The number of carbonyl (C=O) groups excluding carboxylic acids is 1. The second-order valence-electron chi connectivity index (χ2n) is 7.76. The molecule has 0 spiro atoms. The molecule has 3 heterocycles. The first-order chi connectivity index (χ1) is 13.1. The molecule has 2 aliphatic rings. The van der Waals surface area contributed by atoms with Crippen LogP contribution in [0.25, 0.3) is 0 Å². The topological polar surface area (TPSA) is 45.9 Å². The Bertz CT molecular complexity index is 808. The molecular formula is C22H28N2O3. The monoisotopic (exact) mass is 368 g/mol. The van der Waals surface area contributed by atoms with Gasteiger partial charge in [0.05, 0.1) is 0 Å². The van der Waals surface area contributed by atoms with Crippen molar-refractivity contribution in [2.75, 3.05) is 26.2 Å². The number of ether oxygens (including phenoxy) is 1. The molecule has 1 unspecified atom stereocenters. The van der Waals surface area contributed by atoms with Gasteiger partial charge in [-0.15, -0.1) is 0 Å². The highest BCUT2D eigenvalue weighted by Crippen LogP contribution is 2.24. The van der Waals surface area contributed by atoms with Crippen LogP contribution in [0.3, 0.4) is 0 Å². The quantitative estimate of drug-likeness (QED) is 0.806. The molecule has 144 valence electrons. The van der Waals surface area contributed by atoms with Gasteiger partial charge in [0.2, 0.25) is 0 Å². The lowest BCUT2D eigenvalue weighted by molar-refractivity contribution is 0.0744. The average molecular weight is 368 g/mol. The van der Waals surface area contributed by atoms with Crippen LogP contribution < -0.4 is 4.74 Å². The molecule has 4 rings (SSSR count). The Labute approximate surface area is 160 Å². The summed E-state index contributed by atoms with van der Waals surface area (Å²) < 4.78 is 11.6. The molecule has 27 heavy (non-hydrogen) atoms. The van der Waals surface area contributed by atoms with E-state index < -0.39 is 0 Å². The first-order valence-corrected chi connectivity index (χ1v) is 9.92. The van der Waals surface area contributed by atoms with E-state index in [1.54, 1.807) is 6.07 Å². The molecule has 0 N–H and O–H groups in total. The lowest BCUT2D eigenvalue weighted by Gasteiger charge is -2.23. The van der Waals surface area contributed by atoms with Crippen molar-refractivity contribution >= 4 is 5.91 Å². The third-order valence-corrected chi connectivity index (χ3v) is 5.68. The zero-order valence-corrected chi connectivity index (χ0v) is 16.2. The molecule has 1 aromatic carbocycles. The summed E-state index contributed by atoms with van der Waals surface area (Å²) in [6.07, 6.45) is 3.63. The van der Waals surface area contributed by atoms with Gasteiger partial charge in [-0.3, -0.25) is 9.69 Å². The summed E-state index contributed by atoms with van der Waals surface area (Å²) in [6.45, 7) is 8.40. The van der Waals surface area contributed by atoms with Gasteiger partial charge in [0.15, 0.2) is 5.76 Å². The van der Waals surface area contributed by atoms with Crippen LogP contribution in [0.1, 0.15) is 46.7 Å². The van der Waals surface area contributed by atoms with Gasteiger partial charge in [-0.1, -0.05) is 17.7 Å². The first kappa shape index (κ1) is 18.1. The summed E-state index contributed by atoms with van der Waals surface area (Å²) in [5.74, 6) is 1.93. The van der Waals surface area contributed by atoms with E-state index in [2.05, 4.69) is 17.9 Å². The Hall–Kier alpha value is -2.27. The van der Waals surface area contributed by atoms with Gasteiger partial charge in [0, 0.05) is 19.1 Å². The molecule has 5 nitrogen and oxygen atoms in total. The van der Waals surface area contributed by atoms with E-state index in [1.165, 1.54) is 31.5 Å². The summed E-state index contributed by atoms with van der Waals surface area (Å²) >= 11 is 0. The van der Waals surface area contributed by atoms with E-state index in [4.69, 9.17) is 9.15 Å². The van der Waals surface area contributed by atoms with Gasteiger partial charge in [0.25, 0.3) is 5.91 Å². The Kier molecular flexibility index (Phi) is 5.21. The van der Waals surface area contributed by atoms with E-state index in [0.717, 1.165) is 30.8 Å². The van der Waals surface area contributed by atoms with Crippen LogP contribution in [-0.4, -0.2) is 47.9 Å². The fourth-order valence-corrected chi connectivity index (χ4v) is 4.17. The highest BCUT2D eigenvalue weighted by molar-refractivity contribution is 5.91. The molecule has 5 heteroatoms. The fourth-order valence-electron chi connectivity index (χ4n) is 4.17. The zero-order chi connectivity index (χ0) is 18.8. The smallest absolute Gasteiger partial charge is 0.289 e. The van der Waals surface area contributed by atoms with Gasteiger partial charge in [0.1, 0.15) is 18.1 Å². The molecular weight excluding hydrogens is 340 g/mol. The predicted molar refractivity (Wildman–Crippen MR) is 104 cm³/mol. The number of aryl methyl sites for hydroxylation is 2. The molecule has 2 aromatic rings. The molecule has 1 atom stereocenters. The number of hydrogen-bond acceptors (Lipinski definition) is 4. The van der Waals surface area contributed by atoms with E-state index in [0.29, 0.717) is 24.2 Å². The van der Waals surface area contributed by atoms with Crippen LogP contribution >= 0.6 is 0 Å². The van der Waals surface area contributed by atoms with Gasteiger partial charge in [-0.2, -0.15) is 0 Å². The number of furan rings is 1. The number of nitrogens with zero attached hydrogens (tertiary/aromatic N) is 2. The van der Waals surface area contributed by atoms with Crippen molar-refractivity contribution in [1.29, 1.82) is 0 Å². The summed E-state index contributed by atoms with van der Waals surface area (Å²) in [4.78, 5) is 17.2. The van der Waals surface area contributed by atoms with Crippen LogP contribution in [0, 0.1) is 13.8 Å². The van der Waals surface area contributed by atoms with Crippen molar-refractivity contribution in [2.24, 2.45) is 0 Å². The largest absolute Gasteiger partial charge is 0.485 e. The molecule has 2 fully saturated rings. The Morgan fingerprint density at radius 2 is 1.96 bits per heavy atom. The van der Waals surface area contributed by atoms with E-state index in [-0.39, 0.29) is 5.91 Å². The minimum absolute atomic E-state index is 0.00513. The van der Waals surface area contributed by atoms with Crippen LogP contribution in [0.2, 0.25) is 0 Å². The number of likely N-dealkylation sites (tertiary alicyclic amines) is 2. The highest BCUT2D eigenvalue weighted by atomic mass is 16.5. The maximum absolute atomic E-state index is 12.8. The summed E-state index contributed by atoms with van der Waals surface area (Å²) in [7, 11) is 0. The van der Waals surface area contributed by atoms with Crippen molar-refractivity contribution in [2.45, 2.75) is 45.8 Å². The predicted octanol–water partition coefficient (Wildman–Crippen LogP) is 3.79. The molecule has 0 radical (unpaired) electrons. The summed E-state index contributed by atoms with van der Waals surface area (Å²) in [5.41, 5.74) is 2.31. The van der Waals surface area contributed by atoms with Gasteiger partial charge in [-0.05, 0) is 70.0 Å². The first-order valence-electron chi connectivity index (χ1n) is 9.92. The number of benzene rings is 1. The van der Waals surface area contributed by atoms with Crippen LogP contribution in [0.15, 0.2) is 34.7 Å². The third-order valence-electron chi connectivity index (χ3n) is 5.68. The third kappa shape index (κ3) is 4.03. The second kappa shape index (κ2) is 7.77. The Balaban J connectivity index is 1.34. The molecule has 2 aliphatic heterocycles. The Morgan fingerprint density at radius 3 is 2.74 bits per heavy atom. The molecule has 2 saturated heterocycles. The van der Waals surface area contributed by atoms with E-state index in [1.807, 2.05) is 30.0 Å². The maximum atomic E-state index is 12.8. The molecule has 1 aromatic heterocycles. The van der Waals surface area contributed by atoms with Crippen LogP contribution in [0.5, 0.6) is 5.75 Å². The minimum atomic E-state index is -0.00513. The van der Waals surface area contributed by atoms with Crippen molar-refractivity contribution in [3.8, 4) is 5.75 Å².